The SMILES string of the molecule is Cc1ccc(C2(c3cccc(C=O)n3)OC=CO2)cc1. The minimum Gasteiger partial charge on any atom is -0.448 e. The number of pyridine rings is 1. The fraction of sp³-hybridized carbons (Fsp3) is 0.125. The molecule has 0 aliphatic carbocycles. The van der Waals surface area contributed by atoms with E-state index in [-0.39, 0.29) is 0 Å². The zero-order valence-corrected chi connectivity index (χ0v) is 10.9. The molecule has 20 heavy (non-hydrogen) atoms. The van der Waals surface area contributed by atoms with Gasteiger partial charge in [0, 0.05) is 5.56 Å². The highest BCUT2D eigenvalue weighted by molar-refractivity contribution is 5.71. The van der Waals surface area contributed by atoms with Crippen molar-refractivity contribution in [2.45, 2.75) is 12.7 Å². The van der Waals surface area contributed by atoms with Crippen LogP contribution in [0, 0.1) is 6.92 Å². The van der Waals surface area contributed by atoms with E-state index in [4.69, 9.17) is 9.47 Å². The summed E-state index contributed by atoms with van der Waals surface area (Å²) in [4.78, 5) is 15.2. The first-order valence-electron chi connectivity index (χ1n) is 6.25. The molecule has 4 heteroatoms. The first-order chi connectivity index (χ1) is 9.74. The van der Waals surface area contributed by atoms with Gasteiger partial charge >= 0.3 is 5.79 Å². The molecule has 0 atom stereocenters. The van der Waals surface area contributed by atoms with Gasteiger partial charge in [-0.3, -0.25) is 4.79 Å². The fourth-order valence-electron chi connectivity index (χ4n) is 2.15. The number of aldehydes is 1. The Morgan fingerprint density at radius 3 is 2.40 bits per heavy atom. The second kappa shape index (κ2) is 4.81. The van der Waals surface area contributed by atoms with Crippen LogP contribution in [-0.4, -0.2) is 11.3 Å². The maximum Gasteiger partial charge on any atom is 0.321 e. The topological polar surface area (TPSA) is 48.4 Å². The minimum absolute atomic E-state index is 0.341. The first-order valence-corrected chi connectivity index (χ1v) is 6.25. The monoisotopic (exact) mass is 267 g/mol. The lowest BCUT2D eigenvalue weighted by Crippen LogP contribution is -2.30. The Labute approximate surface area is 116 Å². The van der Waals surface area contributed by atoms with Gasteiger partial charge in [-0.25, -0.2) is 4.98 Å². The van der Waals surface area contributed by atoms with Gasteiger partial charge in [0.2, 0.25) is 0 Å². The van der Waals surface area contributed by atoms with Crippen LogP contribution in [0.1, 0.15) is 27.3 Å². The molecule has 0 saturated carbocycles. The molecule has 0 amide bonds. The van der Waals surface area contributed by atoms with Gasteiger partial charge in [-0.1, -0.05) is 35.9 Å². The van der Waals surface area contributed by atoms with E-state index in [0.29, 0.717) is 17.7 Å². The molecule has 0 saturated heterocycles. The van der Waals surface area contributed by atoms with Gasteiger partial charge in [-0.15, -0.1) is 0 Å². The molecular formula is C16H13NO3. The fourth-order valence-corrected chi connectivity index (χ4v) is 2.15. The number of nitrogens with zero attached hydrogens (tertiary/aromatic N) is 1. The summed E-state index contributed by atoms with van der Waals surface area (Å²) in [7, 11) is 0. The molecule has 0 radical (unpaired) electrons. The molecule has 2 heterocycles. The van der Waals surface area contributed by atoms with Crippen LogP contribution < -0.4 is 0 Å². The number of benzene rings is 1. The van der Waals surface area contributed by atoms with Crippen LogP contribution in [0.3, 0.4) is 0 Å². The standard InChI is InChI=1S/C16H13NO3/c1-12-5-7-13(8-6-12)16(19-9-10-20-16)15-4-2-3-14(11-18)17-15/h2-11H,1H3. The predicted molar refractivity (Wildman–Crippen MR) is 72.9 cm³/mol. The van der Waals surface area contributed by atoms with E-state index in [2.05, 4.69) is 4.98 Å². The lowest BCUT2D eigenvalue weighted by molar-refractivity contribution is -0.116. The zero-order chi connectivity index (χ0) is 14.0. The van der Waals surface area contributed by atoms with Crippen LogP contribution in [0.4, 0.5) is 0 Å². The van der Waals surface area contributed by atoms with Crippen LogP contribution in [0.2, 0.25) is 0 Å². The molecule has 3 rings (SSSR count). The second-order valence-corrected chi connectivity index (χ2v) is 4.56. The molecule has 0 unspecified atom stereocenters. The number of aryl methyl sites for hydroxylation is 1. The van der Waals surface area contributed by atoms with E-state index in [1.165, 1.54) is 12.5 Å². The molecule has 0 N–H and O–H groups in total. The molecule has 1 aliphatic rings. The quantitative estimate of drug-likeness (QED) is 0.802. The molecule has 1 aromatic heterocycles. The van der Waals surface area contributed by atoms with Crippen LogP contribution in [0.15, 0.2) is 55.0 Å². The molecule has 4 nitrogen and oxygen atoms in total. The largest absolute Gasteiger partial charge is 0.448 e. The van der Waals surface area contributed by atoms with Crippen molar-refractivity contribution in [2.24, 2.45) is 0 Å². The summed E-state index contributed by atoms with van der Waals surface area (Å²) in [5.41, 5.74) is 2.84. The number of hydrogen-bond donors (Lipinski definition) is 0. The number of rotatable bonds is 3. The normalized spacial score (nSPS) is 15.4. The Hall–Kier alpha value is -2.62. The van der Waals surface area contributed by atoms with Crippen LogP contribution in [0.5, 0.6) is 0 Å². The van der Waals surface area contributed by atoms with Crippen molar-refractivity contribution in [3.63, 3.8) is 0 Å². The third-order valence-corrected chi connectivity index (χ3v) is 3.18. The summed E-state index contributed by atoms with van der Waals surface area (Å²) in [5.74, 6) is -1.12. The van der Waals surface area contributed by atoms with Crippen molar-refractivity contribution < 1.29 is 14.3 Å². The Balaban J connectivity index is 2.12. The van der Waals surface area contributed by atoms with Crippen LogP contribution in [-0.2, 0) is 15.3 Å². The lowest BCUT2D eigenvalue weighted by Gasteiger charge is -2.27. The number of carbonyl (C=O) groups excluding carboxylic acids is 1. The number of ether oxygens (including phenoxy) is 2. The molecular weight excluding hydrogens is 254 g/mol. The van der Waals surface area contributed by atoms with E-state index < -0.39 is 5.79 Å². The molecule has 100 valence electrons. The number of carbonyl (C=O) groups is 1. The van der Waals surface area contributed by atoms with Crippen molar-refractivity contribution in [3.8, 4) is 0 Å². The lowest BCUT2D eigenvalue weighted by atomic mass is 10.00. The van der Waals surface area contributed by atoms with E-state index in [1.807, 2.05) is 31.2 Å². The van der Waals surface area contributed by atoms with Crippen LogP contribution in [0.25, 0.3) is 0 Å². The van der Waals surface area contributed by atoms with E-state index >= 15 is 0 Å². The maximum absolute atomic E-state index is 10.9. The summed E-state index contributed by atoms with van der Waals surface area (Å²) >= 11 is 0. The van der Waals surface area contributed by atoms with Gasteiger partial charge in [0.1, 0.15) is 23.9 Å². The van der Waals surface area contributed by atoms with E-state index in [0.717, 1.165) is 11.1 Å². The highest BCUT2D eigenvalue weighted by Crippen LogP contribution is 2.37. The third kappa shape index (κ3) is 1.95. The van der Waals surface area contributed by atoms with Gasteiger partial charge in [0.15, 0.2) is 6.29 Å². The summed E-state index contributed by atoms with van der Waals surface area (Å²) in [5, 5.41) is 0. The molecule has 1 aliphatic heterocycles. The summed E-state index contributed by atoms with van der Waals surface area (Å²) < 4.78 is 11.3. The highest BCUT2D eigenvalue weighted by Gasteiger charge is 2.42. The Morgan fingerprint density at radius 1 is 1.05 bits per heavy atom. The van der Waals surface area contributed by atoms with Gasteiger partial charge in [-0.2, -0.15) is 0 Å². The Kier molecular flexibility index (Phi) is 2.99. The zero-order valence-electron chi connectivity index (χ0n) is 10.9. The highest BCUT2D eigenvalue weighted by atomic mass is 16.7. The number of hydrogen-bond acceptors (Lipinski definition) is 4. The second-order valence-electron chi connectivity index (χ2n) is 4.56. The molecule has 1 aromatic carbocycles. The molecule has 0 spiro atoms. The summed E-state index contributed by atoms with van der Waals surface area (Å²) in [6.07, 6.45) is 3.67. The van der Waals surface area contributed by atoms with E-state index in [1.54, 1.807) is 18.2 Å². The average Bonchev–Trinajstić information content (AvgIpc) is 2.99. The molecule has 0 bridgehead atoms. The van der Waals surface area contributed by atoms with Gasteiger partial charge < -0.3 is 9.47 Å². The van der Waals surface area contributed by atoms with Crippen molar-refractivity contribution >= 4 is 6.29 Å². The van der Waals surface area contributed by atoms with Gasteiger partial charge in [0.05, 0.1) is 0 Å². The average molecular weight is 267 g/mol. The van der Waals surface area contributed by atoms with Crippen molar-refractivity contribution in [3.05, 3.63) is 77.5 Å². The smallest absolute Gasteiger partial charge is 0.321 e. The summed E-state index contributed by atoms with van der Waals surface area (Å²) in [6, 6.07) is 13.0. The predicted octanol–water partition coefficient (Wildman–Crippen LogP) is 2.92. The molecule has 2 aromatic rings. The summed E-state index contributed by atoms with van der Waals surface area (Å²) in [6.45, 7) is 2.01. The minimum atomic E-state index is -1.12. The van der Waals surface area contributed by atoms with E-state index in [9.17, 15) is 4.79 Å². The third-order valence-electron chi connectivity index (χ3n) is 3.18. The van der Waals surface area contributed by atoms with Crippen LogP contribution >= 0.6 is 0 Å². The molecule has 0 fully saturated rings. The van der Waals surface area contributed by atoms with Crippen molar-refractivity contribution in [1.29, 1.82) is 0 Å². The Morgan fingerprint density at radius 2 is 1.75 bits per heavy atom. The van der Waals surface area contributed by atoms with Gasteiger partial charge in [-0.05, 0) is 19.1 Å². The van der Waals surface area contributed by atoms with Crippen molar-refractivity contribution in [1.82, 2.24) is 4.98 Å². The number of aromatic nitrogens is 1. The first kappa shape index (κ1) is 12.4. The maximum atomic E-state index is 10.9. The van der Waals surface area contributed by atoms with Gasteiger partial charge in [0.25, 0.3) is 0 Å². The van der Waals surface area contributed by atoms with Crippen molar-refractivity contribution in [2.75, 3.05) is 0 Å². The Bertz CT molecular complexity index is 654.